The lowest BCUT2D eigenvalue weighted by Crippen LogP contribution is -2.33. The number of nitrogens with zero attached hydrogens (tertiary/aromatic N) is 4. The van der Waals surface area contributed by atoms with Gasteiger partial charge in [-0.25, -0.2) is 29.2 Å². The molecule has 0 aromatic heterocycles. The molecular formula is C30H20N6O3S2. The van der Waals surface area contributed by atoms with Crippen LogP contribution in [0.1, 0.15) is 0 Å². The summed E-state index contributed by atoms with van der Waals surface area (Å²) in [7, 11) is 0. The van der Waals surface area contributed by atoms with Crippen molar-refractivity contribution in [2.24, 2.45) is 0 Å². The zero-order chi connectivity index (χ0) is 28.7. The van der Waals surface area contributed by atoms with Crippen LogP contribution in [0.15, 0.2) is 109 Å². The number of hydrogen-bond acceptors (Lipinski definition) is 7. The van der Waals surface area contributed by atoms with E-state index in [-0.39, 0.29) is 21.6 Å². The first-order valence-corrected chi connectivity index (χ1v) is 13.2. The first kappa shape index (κ1) is 26.0. The molecule has 9 nitrogen and oxygen atoms in total. The summed E-state index contributed by atoms with van der Waals surface area (Å²) >= 11 is 10.8. The summed E-state index contributed by atoms with van der Waals surface area (Å²) in [5.74, 6) is 0.850. The smallest absolute Gasteiger partial charge is 0.340 e. The van der Waals surface area contributed by atoms with Crippen molar-refractivity contribution in [1.29, 1.82) is 10.8 Å². The second kappa shape index (κ2) is 10.4. The molecule has 0 saturated carbocycles. The molecule has 4 aromatic carbocycles. The first-order valence-electron chi connectivity index (χ1n) is 12.4. The predicted octanol–water partition coefficient (Wildman–Crippen LogP) is 6.98. The molecule has 0 unspecified atom stereocenters. The number of thiocarbonyl (C=S) groups is 2. The normalized spacial score (nSPS) is 15.4. The van der Waals surface area contributed by atoms with Crippen molar-refractivity contribution in [3.05, 3.63) is 109 Å². The number of hydrogen-bond donors (Lipinski definition) is 2. The number of carbonyl (C=O) groups excluding carboxylic acids is 2. The largest absolute Gasteiger partial charge is 0.457 e. The van der Waals surface area contributed by atoms with Crippen molar-refractivity contribution >= 4 is 80.9 Å². The number of ether oxygens (including phenoxy) is 1. The van der Waals surface area contributed by atoms with Gasteiger partial charge in [0.05, 0.1) is 22.7 Å². The van der Waals surface area contributed by atoms with Crippen molar-refractivity contribution in [3.63, 3.8) is 0 Å². The van der Waals surface area contributed by atoms with Gasteiger partial charge in [0.25, 0.3) is 0 Å². The van der Waals surface area contributed by atoms with Crippen molar-refractivity contribution in [2.75, 3.05) is 19.6 Å². The molecule has 2 fully saturated rings. The molecule has 2 aliphatic rings. The van der Waals surface area contributed by atoms with E-state index >= 15 is 0 Å². The van der Waals surface area contributed by atoms with Crippen LogP contribution < -0.4 is 24.3 Å². The van der Waals surface area contributed by atoms with Gasteiger partial charge in [0.1, 0.15) is 11.5 Å². The van der Waals surface area contributed by atoms with Gasteiger partial charge in [0.2, 0.25) is 0 Å². The zero-order valence-electron chi connectivity index (χ0n) is 21.2. The highest BCUT2D eigenvalue weighted by atomic mass is 32.1. The summed E-state index contributed by atoms with van der Waals surface area (Å²) < 4.78 is 5.96. The Morgan fingerprint density at radius 1 is 0.463 bits per heavy atom. The minimum Gasteiger partial charge on any atom is -0.457 e. The second-order valence-electron chi connectivity index (χ2n) is 8.98. The quantitative estimate of drug-likeness (QED) is 0.241. The van der Waals surface area contributed by atoms with Crippen LogP contribution in [0.2, 0.25) is 0 Å². The maximum Gasteiger partial charge on any atom is 0.340 e. The lowest BCUT2D eigenvalue weighted by atomic mass is 10.2. The standard InChI is InChI=1S/C30H20N6O3S2/c31-25-27(40)35(19-7-3-1-4-8-19)29(37)33(25)21-11-15-23(16-12-21)39-24-17-13-22(14-18-24)34-26(32)28(41)36(30(34)38)20-9-5-2-6-10-20/h1-18,31-32H. The van der Waals surface area contributed by atoms with Gasteiger partial charge in [-0.05, 0) is 72.8 Å². The van der Waals surface area contributed by atoms with Gasteiger partial charge in [0, 0.05) is 0 Å². The Balaban J connectivity index is 1.16. The zero-order valence-corrected chi connectivity index (χ0v) is 22.9. The van der Waals surface area contributed by atoms with E-state index in [2.05, 4.69) is 0 Å². The second-order valence-corrected chi connectivity index (χ2v) is 9.75. The number of benzene rings is 4. The van der Waals surface area contributed by atoms with E-state index in [1.54, 1.807) is 97.1 Å². The Morgan fingerprint density at radius 2 is 0.780 bits per heavy atom. The van der Waals surface area contributed by atoms with E-state index in [9.17, 15) is 9.59 Å². The molecule has 2 N–H and O–H groups in total. The fourth-order valence-electron chi connectivity index (χ4n) is 4.52. The third-order valence-electron chi connectivity index (χ3n) is 6.48. The minimum absolute atomic E-state index is 0.0783. The van der Waals surface area contributed by atoms with Gasteiger partial charge in [-0.15, -0.1) is 0 Å². The number of rotatable bonds is 6. The topological polar surface area (TPSA) is 104 Å². The van der Waals surface area contributed by atoms with E-state index in [4.69, 9.17) is 40.0 Å². The lowest BCUT2D eigenvalue weighted by Gasteiger charge is -2.18. The average molecular weight is 577 g/mol. The average Bonchev–Trinajstić information content (AvgIpc) is 3.36. The fraction of sp³-hybridized carbons (Fsp3) is 0. The molecule has 2 saturated heterocycles. The molecule has 2 aliphatic heterocycles. The summed E-state index contributed by atoms with van der Waals surface area (Å²) in [4.78, 5) is 31.7. The molecule has 0 atom stereocenters. The number of carbonyl (C=O) groups is 2. The molecule has 0 spiro atoms. The van der Waals surface area contributed by atoms with Gasteiger partial charge in [-0.3, -0.25) is 10.8 Å². The molecule has 41 heavy (non-hydrogen) atoms. The SMILES string of the molecule is N=C1C(=S)N(c2ccccc2)C(=O)N1c1ccc(Oc2ccc(N3C(=N)C(=S)N(c4ccccc4)C3=O)cc2)cc1. The molecule has 11 heteroatoms. The molecular weight excluding hydrogens is 557 g/mol. The molecule has 0 bridgehead atoms. The van der Waals surface area contributed by atoms with Crippen LogP contribution >= 0.6 is 24.4 Å². The number of urea groups is 2. The lowest BCUT2D eigenvalue weighted by molar-refractivity contribution is 0.256. The van der Waals surface area contributed by atoms with Crippen LogP contribution in [0.25, 0.3) is 0 Å². The summed E-state index contributed by atoms with van der Waals surface area (Å²) in [6.07, 6.45) is 0. The highest BCUT2D eigenvalue weighted by Gasteiger charge is 2.41. The number of para-hydroxylation sites is 2. The summed E-state index contributed by atoms with van der Waals surface area (Å²) in [6.45, 7) is 0. The molecule has 4 amide bonds. The number of amidine groups is 2. The molecule has 4 aromatic rings. The van der Waals surface area contributed by atoms with Crippen LogP contribution in [-0.2, 0) is 0 Å². The van der Waals surface area contributed by atoms with E-state index in [0.717, 1.165) is 0 Å². The van der Waals surface area contributed by atoms with Gasteiger partial charge in [-0.2, -0.15) is 0 Å². The van der Waals surface area contributed by atoms with E-state index in [1.165, 1.54) is 19.6 Å². The number of amides is 4. The highest BCUT2D eigenvalue weighted by molar-refractivity contribution is 7.83. The fourth-order valence-corrected chi connectivity index (χ4v) is 5.07. The molecule has 2 heterocycles. The van der Waals surface area contributed by atoms with E-state index < -0.39 is 12.1 Å². The molecule has 6 rings (SSSR count). The summed E-state index contributed by atoms with van der Waals surface area (Å²) in [5.41, 5.74) is 2.15. The Bertz CT molecular complexity index is 1600. The number of anilines is 4. The number of nitrogens with one attached hydrogen (secondary N) is 2. The Kier molecular flexibility index (Phi) is 6.58. The minimum atomic E-state index is -0.428. The highest BCUT2D eigenvalue weighted by Crippen LogP contribution is 2.32. The van der Waals surface area contributed by atoms with Crippen LogP contribution in [-0.4, -0.2) is 33.7 Å². The third-order valence-corrected chi connectivity index (χ3v) is 7.23. The maximum atomic E-state index is 13.1. The van der Waals surface area contributed by atoms with Gasteiger partial charge >= 0.3 is 12.1 Å². The van der Waals surface area contributed by atoms with E-state index in [1.807, 2.05) is 12.1 Å². The third kappa shape index (κ3) is 4.52. The molecule has 0 aliphatic carbocycles. The van der Waals surface area contributed by atoms with Crippen LogP contribution in [0.5, 0.6) is 11.5 Å². The Hall–Kier alpha value is -5.26. The van der Waals surface area contributed by atoms with Crippen LogP contribution in [0.4, 0.5) is 32.3 Å². The summed E-state index contributed by atoms with van der Waals surface area (Å²) in [5, 5.41) is 16.8. The Labute approximate surface area is 245 Å². The van der Waals surface area contributed by atoms with Crippen molar-refractivity contribution in [2.45, 2.75) is 0 Å². The molecule has 200 valence electrons. The van der Waals surface area contributed by atoms with Crippen molar-refractivity contribution < 1.29 is 14.3 Å². The van der Waals surface area contributed by atoms with Gasteiger partial charge in [0.15, 0.2) is 21.6 Å². The Morgan fingerprint density at radius 3 is 1.12 bits per heavy atom. The van der Waals surface area contributed by atoms with Crippen molar-refractivity contribution in [3.8, 4) is 11.5 Å². The monoisotopic (exact) mass is 576 g/mol. The first-order chi connectivity index (χ1) is 19.8. The van der Waals surface area contributed by atoms with Crippen LogP contribution in [0.3, 0.4) is 0 Å². The predicted molar refractivity (Wildman–Crippen MR) is 167 cm³/mol. The summed E-state index contributed by atoms with van der Waals surface area (Å²) in [6, 6.07) is 30.6. The molecule has 0 radical (unpaired) electrons. The van der Waals surface area contributed by atoms with E-state index in [0.29, 0.717) is 34.2 Å². The van der Waals surface area contributed by atoms with Gasteiger partial charge < -0.3 is 4.74 Å². The van der Waals surface area contributed by atoms with Gasteiger partial charge in [-0.1, -0.05) is 60.8 Å². The maximum absolute atomic E-state index is 13.1. The van der Waals surface area contributed by atoms with Crippen molar-refractivity contribution in [1.82, 2.24) is 0 Å². The van der Waals surface area contributed by atoms with Crippen LogP contribution in [0, 0.1) is 10.8 Å².